The summed E-state index contributed by atoms with van der Waals surface area (Å²) < 4.78 is 50.0. The molecule has 0 aromatic heterocycles. The molecule has 0 unspecified atom stereocenters. The number of hydrogen-bond acceptors (Lipinski definition) is 3. The van der Waals surface area contributed by atoms with Gasteiger partial charge in [0.2, 0.25) is 10.0 Å². The van der Waals surface area contributed by atoms with Gasteiger partial charge in [0.05, 0.1) is 11.4 Å². The number of anilines is 1. The molecule has 1 aromatic rings. The standard InChI is InChI=1S/C8H10F2N2O2S/c9-6-1-2-7(10)8(5-6)12-15(13,14)4-3-11/h1-2,5,12H,3-4,11H2. The van der Waals surface area contributed by atoms with Gasteiger partial charge in [-0.05, 0) is 12.1 Å². The number of nitrogens with two attached hydrogens (primary N) is 1. The molecule has 4 nitrogen and oxygen atoms in total. The summed E-state index contributed by atoms with van der Waals surface area (Å²) in [5.41, 5.74) is 4.64. The lowest BCUT2D eigenvalue weighted by Crippen LogP contribution is -2.22. The smallest absolute Gasteiger partial charge is 0.234 e. The quantitative estimate of drug-likeness (QED) is 0.806. The minimum atomic E-state index is -3.71. The first kappa shape index (κ1) is 11.9. The summed E-state index contributed by atoms with van der Waals surface area (Å²) in [5, 5.41) is 0. The van der Waals surface area contributed by atoms with Crippen molar-refractivity contribution in [1.82, 2.24) is 0 Å². The molecule has 0 spiro atoms. The zero-order valence-electron chi connectivity index (χ0n) is 7.70. The first-order valence-corrected chi connectivity index (χ1v) is 5.75. The van der Waals surface area contributed by atoms with Gasteiger partial charge in [0.15, 0.2) is 0 Å². The lowest BCUT2D eigenvalue weighted by molar-refractivity contribution is 0.594. The summed E-state index contributed by atoms with van der Waals surface area (Å²) >= 11 is 0. The van der Waals surface area contributed by atoms with Gasteiger partial charge in [0.25, 0.3) is 0 Å². The minimum absolute atomic E-state index is 0.0910. The molecule has 0 saturated carbocycles. The molecule has 7 heteroatoms. The molecule has 0 aliphatic rings. The van der Waals surface area contributed by atoms with E-state index in [1.807, 2.05) is 4.72 Å². The van der Waals surface area contributed by atoms with Crippen LogP contribution in [0.25, 0.3) is 0 Å². The van der Waals surface area contributed by atoms with Crippen LogP contribution in [0.15, 0.2) is 18.2 Å². The molecular weight excluding hydrogens is 226 g/mol. The fourth-order valence-corrected chi connectivity index (χ4v) is 1.85. The second-order valence-electron chi connectivity index (χ2n) is 2.83. The van der Waals surface area contributed by atoms with Gasteiger partial charge in [0.1, 0.15) is 11.6 Å². The second kappa shape index (κ2) is 4.54. The van der Waals surface area contributed by atoms with Crippen molar-refractivity contribution in [2.45, 2.75) is 0 Å². The maximum absolute atomic E-state index is 13.0. The zero-order valence-corrected chi connectivity index (χ0v) is 8.52. The molecule has 0 amide bonds. The predicted octanol–water partition coefficient (Wildman–Crippen LogP) is 0.665. The lowest BCUT2D eigenvalue weighted by atomic mass is 10.3. The molecule has 0 fully saturated rings. The summed E-state index contributed by atoms with van der Waals surface area (Å²) in [6.07, 6.45) is 0. The number of nitrogens with one attached hydrogen (secondary N) is 1. The number of halogens is 2. The van der Waals surface area contributed by atoms with E-state index in [0.29, 0.717) is 0 Å². The van der Waals surface area contributed by atoms with Crippen LogP contribution >= 0.6 is 0 Å². The summed E-state index contributed by atoms with van der Waals surface area (Å²) in [5.74, 6) is -1.90. The Bertz CT molecular complexity index is 448. The van der Waals surface area contributed by atoms with Crippen LogP contribution in [0, 0.1) is 11.6 Å². The number of benzene rings is 1. The van der Waals surface area contributed by atoms with Crippen LogP contribution in [0.5, 0.6) is 0 Å². The Morgan fingerprint density at radius 2 is 2.00 bits per heavy atom. The van der Waals surface area contributed by atoms with Crippen molar-refractivity contribution in [3.8, 4) is 0 Å². The lowest BCUT2D eigenvalue weighted by Gasteiger charge is -2.07. The van der Waals surface area contributed by atoms with Crippen molar-refractivity contribution in [3.05, 3.63) is 29.8 Å². The van der Waals surface area contributed by atoms with Crippen molar-refractivity contribution in [1.29, 1.82) is 0 Å². The average Bonchev–Trinajstić information content (AvgIpc) is 2.10. The molecule has 0 radical (unpaired) electrons. The monoisotopic (exact) mass is 236 g/mol. The van der Waals surface area contributed by atoms with E-state index in [2.05, 4.69) is 0 Å². The highest BCUT2D eigenvalue weighted by molar-refractivity contribution is 7.92. The van der Waals surface area contributed by atoms with Crippen LogP contribution in [0.1, 0.15) is 0 Å². The van der Waals surface area contributed by atoms with Crippen LogP contribution in [0.4, 0.5) is 14.5 Å². The Morgan fingerprint density at radius 1 is 1.33 bits per heavy atom. The third-order valence-corrected chi connectivity index (χ3v) is 2.88. The van der Waals surface area contributed by atoms with Crippen LogP contribution < -0.4 is 10.5 Å². The topological polar surface area (TPSA) is 72.2 Å². The molecule has 0 bridgehead atoms. The fraction of sp³-hybridized carbons (Fsp3) is 0.250. The number of rotatable bonds is 4. The van der Waals surface area contributed by atoms with Crippen LogP contribution in [0.2, 0.25) is 0 Å². The van der Waals surface area contributed by atoms with E-state index in [-0.39, 0.29) is 12.3 Å². The van der Waals surface area contributed by atoms with Crippen molar-refractivity contribution < 1.29 is 17.2 Å². The molecule has 0 aliphatic carbocycles. The van der Waals surface area contributed by atoms with E-state index in [9.17, 15) is 17.2 Å². The third-order valence-electron chi connectivity index (χ3n) is 1.58. The molecule has 15 heavy (non-hydrogen) atoms. The average molecular weight is 236 g/mol. The van der Waals surface area contributed by atoms with Crippen LogP contribution in [-0.2, 0) is 10.0 Å². The molecule has 0 aliphatic heterocycles. The van der Waals surface area contributed by atoms with E-state index in [1.165, 1.54) is 0 Å². The van der Waals surface area contributed by atoms with Crippen LogP contribution in [-0.4, -0.2) is 20.7 Å². The maximum Gasteiger partial charge on any atom is 0.234 e. The number of hydrogen-bond donors (Lipinski definition) is 2. The molecule has 1 rings (SSSR count). The first-order valence-electron chi connectivity index (χ1n) is 4.10. The zero-order chi connectivity index (χ0) is 11.5. The Labute approximate surface area is 86.1 Å². The Kier molecular flexibility index (Phi) is 3.59. The van der Waals surface area contributed by atoms with E-state index >= 15 is 0 Å². The van der Waals surface area contributed by atoms with Crippen molar-refractivity contribution in [2.24, 2.45) is 5.73 Å². The Hall–Kier alpha value is -1.21. The highest BCUT2D eigenvalue weighted by Gasteiger charge is 2.12. The van der Waals surface area contributed by atoms with Gasteiger partial charge in [-0.25, -0.2) is 17.2 Å². The number of sulfonamides is 1. The largest absolute Gasteiger partial charge is 0.329 e. The summed E-state index contributed by atoms with van der Waals surface area (Å²) in [6, 6.07) is 2.51. The third kappa shape index (κ3) is 3.45. The van der Waals surface area contributed by atoms with E-state index < -0.39 is 27.3 Å². The minimum Gasteiger partial charge on any atom is -0.329 e. The van der Waals surface area contributed by atoms with Crippen molar-refractivity contribution in [2.75, 3.05) is 17.0 Å². The Balaban J connectivity index is 2.94. The van der Waals surface area contributed by atoms with Gasteiger partial charge >= 0.3 is 0 Å². The maximum atomic E-state index is 13.0. The SMILES string of the molecule is NCCS(=O)(=O)Nc1cc(F)ccc1F. The second-order valence-corrected chi connectivity index (χ2v) is 4.68. The highest BCUT2D eigenvalue weighted by atomic mass is 32.2. The molecule has 0 saturated heterocycles. The molecule has 0 atom stereocenters. The van der Waals surface area contributed by atoms with Crippen molar-refractivity contribution in [3.63, 3.8) is 0 Å². The predicted molar refractivity (Wildman–Crippen MR) is 52.8 cm³/mol. The van der Waals surface area contributed by atoms with Gasteiger partial charge < -0.3 is 5.73 Å². The van der Waals surface area contributed by atoms with Crippen molar-refractivity contribution >= 4 is 15.7 Å². The molecule has 1 aromatic carbocycles. The van der Waals surface area contributed by atoms with Gasteiger partial charge in [-0.15, -0.1) is 0 Å². The summed E-state index contributed by atoms with van der Waals surface area (Å²) in [6.45, 7) is -0.0910. The van der Waals surface area contributed by atoms with Gasteiger partial charge in [-0.2, -0.15) is 0 Å². The van der Waals surface area contributed by atoms with Gasteiger partial charge in [-0.1, -0.05) is 0 Å². The van der Waals surface area contributed by atoms with Crippen LogP contribution in [0.3, 0.4) is 0 Å². The molecular formula is C8H10F2N2O2S. The summed E-state index contributed by atoms with van der Waals surface area (Å²) in [4.78, 5) is 0. The van der Waals surface area contributed by atoms with Gasteiger partial charge in [0, 0.05) is 12.6 Å². The molecule has 84 valence electrons. The normalized spacial score (nSPS) is 11.4. The fourth-order valence-electron chi connectivity index (χ4n) is 0.949. The molecule has 3 N–H and O–H groups in total. The van der Waals surface area contributed by atoms with E-state index in [0.717, 1.165) is 18.2 Å². The van der Waals surface area contributed by atoms with E-state index in [1.54, 1.807) is 0 Å². The Morgan fingerprint density at radius 3 is 2.60 bits per heavy atom. The van der Waals surface area contributed by atoms with E-state index in [4.69, 9.17) is 5.73 Å². The molecule has 0 heterocycles. The summed E-state index contributed by atoms with van der Waals surface area (Å²) in [7, 11) is -3.71. The highest BCUT2D eigenvalue weighted by Crippen LogP contribution is 2.16. The first-order chi connectivity index (χ1) is 6.94. The van der Waals surface area contributed by atoms with Gasteiger partial charge in [-0.3, -0.25) is 4.72 Å².